The van der Waals surface area contributed by atoms with Gasteiger partial charge in [-0.2, -0.15) is 15.0 Å². The van der Waals surface area contributed by atoms with Crippen LogP contribution < -0.4 is 9.64 Å². The number of nitrogens with zero attached hydrogens (tertiary/aromatic N) is 4. The maximum absolute atomic E-state index is 5.89. The van der Waals surface area contributed by atoms with Crippen molar-refractivity contribution in [1.29, 1.82) is 0 Å². The highest BCUT2D eigenvalue weighted by Gasteiger charge is 2.16. The minimum absolute atomic E-state index is 0.141. The van der Waals surface area contributed by atoms with Crippen LogP contribution in [0.4, 0.5) is 5.95 Å². The SMILES string of the molecule is C=C(C)CCOc1nc(Cl)nc(N2CCOCC2)n1. The molecule has 19 heavy (non-hydrogen) atoms. The smallest absolute Gasteiger partial charge is 0.322 e. The van der Waals surface area contributed by atoms with Gasteiger partial charge >= 0.3 is 6.01 Å². The average molecular weight is 285 g/mol. The van der Waals surface area contributed by atoms with E-state index < -0.39 is 0 Å². The molecule has 1 aromatic rings. The van der Waals surface area contributed by atoms with E-state index in [4.69, 9.17) is 21.1 Å². The minimum Gasteiger partial charge on any atom is -0.463 e. The lowest BCUT2D eigenvalue weighted by molar-refractivity contribution is 0.122. The molecule has 0 unspecified atom stereocenters. The number of aromatic nitrogens is 3. The van der Waals surface area contributed by atoms with Gasteiger partial charge in [0.05, 0.1) is 19.8 Å². The highest BCUT2D eigenvalue weighted by atomic mass is 35.5. The number of ether oxygens (including phenoxy) is 2. The Morgan fingerprint density at radius 2 is 2.11 bits per heavy atom. The van der Waals surface area contributed by atoms with Gasteiger partial charge in [-0.25, -0.2) is 0 Å². The second-order valence-electron chi connectivity index (χ2n) is 4.34. The largest absolute Gasteiger partial charge is 0.463 e. The molecule has 0 aromatic carbocycles. The molecular formula is C12H17ClN4O2. The third-order valence-electron chi connectivity index (χ3n) is 2.63. The maximum Gasteiger partial charge on any atom is 0.322 e. The molecule has 2 heterocycles. The first-order chi connectivity index (χ1) is 9.15. The van der Waals surface area contributed by atoms with Crippen molar-refractivity contribution in [3.63, 3.8) is 0 Å². The first-order valence-corrected chi connectivity index (χ1v) is 6.54. The van der Waals surface area contributed by atoms with E-state index in [-0.39, 0.29) is 11.3 Å². The number of morpholine rings is 1. The zero-order chi connectivity index (χ0) is 13.7. The van der Waals surface area contributed by atoms with Gasteiger partial charge in [0.2, 0.25) is 11.2 Å². The fourth-order valence-electron chi connectivity index (χ4n) is 1.61. The zero-order valence-corrected chi connectivity index (χ0v) is 11.7. The van der Waals surface area contributed by atoms with Crippen LogP contribution in [0.25, 0.3) is 0 Å². The molecule has 2 rings (SSSR count). The molecule has 1 saturated heterocycles. The molecule has 0 radical (unpaired) electrons. The highest BCUT2D eigenvalue weighted by Crippen LogP contribution is 2.16. The van der Waals surface area contributed by atoms with Crippen LogP contribution in [0.15, 0.2) is 12.2 Å². The molecule has 0 spiro atoms. The maximum atomic E-state index is 5.89. The molecule has 1 fully saturated rings. The number of hydrogen-bond donors (Lipinski definition) is 0. The molecule has 0 bridgehead atoms. The van der Waals surface area contributed by atoms with Crippen molar-refractivity contribution in [2.24, 2.45) is 0 Å². The van der Waals surface area contributed by atoms with Crippen LogP contribution in [-0.4, -0.2) is 47.9 Å². The predicted molar refractivity (Wildman–Crippen MR) is 72.8 cm³/mol. The standard InChI is InChI=1S/C12H17ClN4O2/c1-9(2)3-6-19-12-15-10(13)14-11(16-12)17-4-7-18-8-5-17/h1,3-8H2,2H3. The lowest BCUT2D eigenvalue weighted by Crippen LogP contribution is -2.37. The van der Waals surface area contributed by atoms with Gasteiger partial charge in [-0.1, -0.05) is 5.57 Å². The van der Waals surface area contributed by atoms with Crippen LogP contribution in [-0.2, 0) is 4.74 Å². The Bertz CT molecular complexity index is 449. The molecule has 0 aliphatic carbocycles. The van der Waals surface area contributed by atoms with Crippen LogP contribution in [0.5, 0.6) is 6.01 Å². The highest BCUT2D eigenvalue weighted by molar-refractivity contribution is 6.28. The monoisotopic (exact) mass is 284 g/mol. The van der Waals surface area contributed by atoms with E-state index in [2.05, 4.69) is 21.5 Å². The van der Waals surface area contributed by atoms with E-state index in [0.717, 1.165) is 25.1 Å². The molecule has 0 saturated carbocycles. The van der Waals surface area contributed by atoms with E-state index in [0.29, 0.717) is 25.8 Å². The van der Waals surface area contributed by atoms with Crippen molar-refractivity contribution < 1.29 is 9.47 Å². The topological polar surface area (TPSA) is 60.4 Å². The second-order valence-corrected chi connectivity index (χ2v) is 4.68. The summed E-state index contributed by atoms with van der Waals surface area (Å²) >= 11 is 5.89. The summed E-state index contributed by atoms with van der Waals surface area (Å²) in [4.78, 5) is 14.3. The van der Waals surface area contributed by atoms with Gasteiger partial charge < -0.3 is 14.4 Å². The third-order valence-corrected chi connectivity index (χ3v) is 2.80. The van der Waals surface area contributed by atoms with Gasteiger partial charge in [0.1, 0.15) is 0 Å². The summed E-state index contributed by atoms with van der Waals surface area (Å²) in [6.07, 6.45) is 0.760. The van der Waals surface area contributed by atoms with Crippen molar-refractivity contribution in [2.75, 3.05) is 37.8 Å². The normalized spacial score (nSPS) is 15.4. The lowest BCUT2D eigenvalue weighted by Gasteiger charge is -2.26. The van der Waals surface area contributed by atoms with Gasteiger partial charge in [0.25, 0.3) is 0 Å². The number of hydrogen-bond acceptors (Lipinski definition) is 6. The molecule has 0 amide bonds. The van der Waals surface area contributed by atoms with Crippen LogP contribution in [0, 0.1) is 0 Å². The Morgan fingerprint density at radius 3 is 2.79 bits per heavy atom. The summed E-state index contributed by atoms with van der Waals surface area (Å²) < 4.78 is 10.7. The Balaban J connectivity index is 2.03. The summed E-state index contributed by atoms with van der Waals surface area (Å²) in [5, 5.41) is 0.141. The molecule has 6 nitrogen and oxygen atoms in total. The quantitative estimate of drug-likeness (QED) is 0.767. The van der Waals surface area contributed by atoms with Gasteiger partial charge in [0.15, 0.2) is 0 Å². The summed E-state index contributed by atoms with van der Waals surface area (Å²) in [7, 11) is 0. The Kier molecular flexibility index (Phi) is 4.93. The second kappa shape index (κ2) is 6.68. The zero-order valence-electron chi connectivity index (χ0n) is 10.9. The van der Waals surface area contributed by atoms with Crippen LogP contribution in [0.3, 0.4) is 0 Å². The fraction of sp³-hybridized carbons (Fsp3) is 0.583. The Morgan fingerprint density at radius 1 is 1.37 bits per heavy atom. The lowest BCUT2D eigenvalue weighted by atomic mass is 10.3. The molecule has 7 heteroatoms. The fourth-order valence-corrected chi connectivity index (χ4v) is 1.76. The molecule has 1 aliphatic rings. The summed E-state index contributed by atoms with van der Waals surface area (Å²) in [6.45, 7) is 9.05. The molecule has 0 N–H and O–H groups in total. The van der Waals surface area contributed by atoms with Gasteiger partial charge in [-0.05, 0) is 18.5 Å². The summed E-state index contributed by atoms with van der Waals surface area (Å²) in [6, 6.07) is 0.253. The van der Waals surface area contributed by atoms with Gasteiger partial charge in [-0.3, -0.25) is 0 Å². The van der Waals surface area contributed by atoms with E-state index in [1.165, 1.54) is 0 Å². The van der Waals surface area contributed by atoms with E-state index in [1.807, 2.05) is 11.8 Å². The average Bonchev–Trinajstić information content (AvgIpc) is 2.39. The van der Waals surface area contributed by atoms with Crippen LogP contribution in [0.2, 0.25) is 5.28 Å². The van der Waals surface area contributed by atoms with Gasteiger partial charge in [0, 0.05) is 19.5 Å². The Labute approximate surface area is 117 Å². The van der Waals surface area contributed by atoms with E-state index in [9.17, 15) is 0 Å². The number of halogens is 1. The summed E-state index contributed by atoms with van der Waals surface area (Å²) in [5.74, 6) is 0.536. The minimum atomic E-state index is 0.141. The third kappa shape index (κ3) is 4.33. The summed E-state index contributed by atoms with van der Waals surface area (Å²) in [5.41, 5.74) is 1.05. The predicted octanol–water partition coefficient (Wildman–Crippen LogP) is 1.71. The van der Waals surface area contributed by atoms with Crippen LogP contribution >= 0.6 is 11.6 Å². The van der Waals surface area contributed by atoms with E-state index in [1.54, 1.807) is 0 Å². The molecular weight excluding hydrogens is 268 g/mol. The number of anilines is 1. The molecule has 0 atom stereocenters. The van der Waals surface area contributed by atoms with Crippen molar-refractivity contribution in [2.45, 2.75) is 13.3 Å². The van der Waals surface area contributed by atoms with Gasteiger partial charge in [-0.15, -0.1) is 6.58 Å². The molecule has 1 aromatic heterocycles. The van der Waals surface area contributed by atoms with Crippen molar-refractivity contribution in [3.05, 3.63) is 17.4 Å². The van der Waals surface area contributed by atoms with Crippen molar-refractivity contribution >= 4 is 17.5 Å². The molecule has 104 valence electrons. The number of rotatable bonds is 5. The first kappa shape index (κ1) is 14.0. The van der Waals surface area contributed by atoms with E-state index >= 15 is 0 Å². The van der Waals surface area contributed by atoms with Crippen molar-refractivity contribution in [3.8, 4) is 6.01 Å². The van der Waals surface area contributed by atoms with Crippen molar-refractivity contribution in [1.82, 2.24) is 15.0 Å². The molecule has 1 aliphatic heterocycles. The van der Waals surface area contributed by atoms with Crippen LogP contribution in [0.1, 0.15) is 13.3 Å². The Hall–Kier alpha value is -1.40. The first-order valence-electron chi connectivity index (χ1n) is 6.16.